The normalized spacial score (nSPS) is 19.8. The van der Waals surface area contributed by atoms with Crippen molar-refractivity contribution in [1.29, 1.82) is 0 Å². The Morgan fingerprint density at radius 1 is 1.56 bits per heavy atom. The van der Waals surface area contributed by atoms with Gasteiger partial charge >= 0.3 is 0 Å². The first-order valence-electron chi connectivity index (χ1n) is 5.18. The second-order valence-corrected chi connectivity index (χ2v) is 3.77. The van der Waals surface area contributed by atoms with E-state index < -0.39 is 5.82 Å². The third kappa shape index (κ3) is 2.07. The quantitative estimate of drug-likeness (QED) is 0.737. The van der Waals surface area contributed by atoms with E-state index in [4.69, 9.17) is 9.47 Å². The van der Waals surface area contributed by atoms with Crippen molar-refractivity contribution in [3.63, 3.8) is 0 Å². The van der Waals surface area contributed by atoms with Gasteiger partial charge in [0.2, 0.25) is 0 Å². The van der Waals surface area contributed by atoms with Gasteiger partial charge < -0.3 is 9.47 Å². The molecule has 1 fully saturated rings. The Morgan fingerprint density at radius 3 is 2.94 bits per heavy atom. The number of benzene rings is 1. The Bertz CT molecular complexity index is 397. The van der Waals surface area contributed by atoms with Crippen LogP contribution in [0.15, 0.2) is 18.2 Å². The maximum atomic E-state index is 13.4. The van der Waals surface area contributed by atoms with Crippen molar-refractivity contribution in [2.75, 3.05) is 20.3 Å². The number of hydrogen-bond donors (Lipinski definition) is 0. The Morgan fingerprint density at radius 2 is 2.38 bits per heavy atom. The predicted molar refractivity (Wildman–Crippen MR) is 56.2 cm³/mol. The SMILES string of the molecule is COc1ccc(C(=O)C2CCOC2)cc1F. The van der Waals surface area contributed by atoms with Crippen LogP contribution in [0, 0.1) is 11.7 Å². The van der Waals surface area contributed by atoms with E-state index in [9.17, 15) is 9.18 Å². The van der Waals surface area contributed by atoms with E-state index in [1.54, 1.807) is 6.07 Å². The van der Waals surface area contributed by atoms with Crippen molar-refractivity contribution >= 4 is 5.78 Å². The molecule has 2 rings (SSSR count). The lowest BCUT2D eigenvalue weighted by molar-refractivity contribution is 0.0900. The lowest BCUT2D eigenvalue weighted by Crippen LogP contribution is -2.14. The Labute approximate surface area is 93.2 Å². The second kappa shape index (κ2) is 4.61. The Hall–Kier alpha value is -1.42. The van der Waals surface area contributed by atoms with Crippen LogP contribution in [0.1, 0.15) is 16.8 Å². The highest BCUT2D eigenvalue weighted by Crippen LogP contribution is 2.22. The van der Waals surface area contributed by atoms with E-state index in [2.05, 4.69) is 0 Å². The second-order valence-electron chi connectivity index (χ2n) is 3.77. The summed E-state index contributed by atoms with van der Waals surface area (Å²) >= 11 is 0. The predicted octanol–water partition coefficient (Wildman–Crippen LogP) is 2.05. The third-order valence-electron chi connectivity index (χ3n) is 2.74. The number of Topliss-reactive ketones (excluding diaryl/α,β-unsaturated/α-hetero) is 1. The van der Waals surface area contributed by atoms with E-state index in [0.29, 0.717) is 25.2 Å². The van der Waals surface area contributed by atoms with Gasteiger partial charge in [0.15, 0.2) is 17.3 Å². The van der Waals surface area contributed by atoms with E-state index in [-0.39, 0.29) is 17.5 Å². The highest BCUT2D eigenvalue weighted by molar-refractivity contribution is 5.98. The molecule has 4 heteroatoms. The summed E-state index contributed by atoms with van der Waals surface area (Å²) in [6.45, 7) is 1.04. The molecule has 1 aliphatic rings. The summed E-state index contributed by atoms with van der Waals surface area (Å²) in [5, 5.41) is 0. The van der Waals surface area contributed by atoms with Gasteiger partial charge in [0.25, 0.3) is 0 Å². The van der Waals surface area contributed by atoms with E-state index >= 15 is 0 Å². The minimum Gasteiger partial charge on any atom is -0.494 e. The van der Waals surface area contributed by atoms with Gasteiger partial charge in [-0.05, 0) is 24.6 Å². The number of ether oxygens (including phenoxy) is 2. The molecule has 1 heterocycles. The largest absolute Gasteiger partial charge is 0.494 e. The molecule has 1 aromatic rings. The fourth-order valence-electron chi connectivity index (χ4n) is 1.80. The fourth-order valence-corrected chi connectivity index (χ4v) is 1.80. The van der Waals surface area contributed by atoms with E-state index in [0.717, 1.165) is 0 Å². The Balaban J connectivity index is 2.20. The number of rotatable bonds is 3. The van der Waals surface area contributed by atoms with Crippen molar-refractivity contribution in [3.05, 3.63) is 29.6 Å². The van der Waals surface area contributed by atoms with Crippen molar-refractivity contribution in [1.82, 2.24) is 0 Å². The average Bonchev–Trinajstić information content (AvgIpc) is 2.81. The summed E-state index contributed by atoms with van der Waals surface area (Å²) in [4.78, 5) is 11.9. The number of carbonyl (C=O) groups excluding carboxylic acids is 1. The number of methoxy groups -OCH3 is 1. The molecule has 1 atom stereocenters. The number of carbonyl (C=O) groups is 1. The molecule has 0 saturated carbocycles. The molecule has 0 bridgehead atoms. The summed E-state index contributed by atoms with van der Waals surface area (Å²) < 4.78 is 23.3. The zero-order chi connectivity index (χ0) is 11.5. The molecule has 1 aliphatic heterocycles. The van der Waals surface area contributed by atoms with Gasteiger partial charge in [0.1, 0.15) is 0 Å². The van der Waals surface area contributed by atoms with Crippen LogP contribution < -0.4 is 4.74 Å². The maximum absolute atomic E-state index is 13.4. The zero-order valence-corrected chi connectivity index (χ0v) is 9.03. The smallest absolute Gasteiger partial charge is 0.168 e. The summed E-state index contributed by atoms with van der Waals surface area (Å²) in [6, 6.07) is 4.28. The molecular formula is C12H13FO3. The van der Waals surface area contributed by atoms with Crippen LogP contribution in [0.3, 0.4) is 0 Å². The van der Waals surface area contributed by atoms with Crippen LogP contribution in [0.4, 0.5) is 4.39 Å². The molecule has 86 valence electrons. The fraction of sp³-hybridized carbons (Fsp3) is 0.417. The van der Waals surface area contributed by atoms with Gasteiger partial charge in [0.05, 0.1) is 13.7 Å². The van der Waals surface area contributed by atoms with Gasteiger partial charge in [0, 0.05) is 18.1 Å². The average molecular weight is 224 g/mol. The molecule has 16 heavy (non-hydrogen) atoms. The molecule has 0 aromatic heterocycles. The minimum atomic E-state index is -0.507. The summed E-state index contributed by atoms with van der Waals surface area (Å²) in [5.74, 6) is -0.543. The van der Waals surface area contributed by atoms with Crippen LogP contribution in [-0.2, 0) is 4.74 Å². The van der Waals surface area contributed by atoms with Crippen LogP contribution in [-0.4, -0.2) is 26.1 Å². The van der Waals surface area contributed by atoms with Crippen LogP contribution in [0.5, 0.6) is 5.75 Å². The van der Waals surface area contributed by atoms with Gasteiger partial charge in [-0.15, -0.1) is 0 Å². The van der Waals surface area contributed by atoms with E-state index in [1.165, 1.54) is 19.2 Å². The molecule has 0 amide bonds. The van der Waals surface area contributed by atoms with Crippen LogP contribution >= 0.6 is 0 Å². The lowest BCUT2D eigenvalue weighted by Gasteiger charge is -2.08. The van der Waals surface area contributed by atoms with Gasteiger partial charge in [-0.2, -0.15) is 0 Å². The number of ketones is 1. The van der Waals surface area contributed by atoms with Gasteiger partial charge in [-0.25, -0.2) is 4.39 Å². The van der Waals surface area contributed by atoms with Gasteiger partial charge in [-0.3, -0.25) is 4.79 Å². The summed E-state index contributed by atoms with van der Waals surface area (Å²) in [6.07, 6.45) is 0.715. The van der Waals surface area contributed by atoms with Crippen molar-refractivity contribution in [2.24, 2.45) is 5.92 Å². The molecule has 0 radical (unpaired) electrons. The van der Waals surface area contributed by atoms with E-state index in [1.807, 2.05) is 0 Å². The highest BCUT2D eigenvalue weighted by atomic mass is 19.1. The molecule has 1 saturated heterocycles. The number of halogens is 1. The maximum Gasteiger partial charge on any atom is 0.168 e. The molecule has 1 aromatic carbocycles. The standard InChI is InChI=1S/C12H13FO3/c1-15-11-3-2-8(6-10(11)13)12(14)9-4-5-16-7-9/h2-3,6,9H,4-5,7H2,1H3. The van der Waals surface area contributed by atoms with Crippen molar-refractivity contribution in [3.8, 4) is 5.75 Å². The molecule has 1 unspecified atom stereocenters. The summed E-state index contributed by atoms with van der Waals surface area (Å²) in [7, 11) is 1.39. The topological polar surface area (TPSA) is 35.5 Å². The van der Waals surface area contributed by atoms with Crippen molar-refractivity contribution < 1.29 is 18.7 Å². The molecule has 0 spiro atoms. The highest BCUT2D eigenvalue weighted by Gasteiger charge is 2.25. The summed E-state index contributed by atoms with van der Waals surface area (Å²) in [5.41, 5.74) is 0.383. The van der Waals surface area contributed by atoms with Crippen LogP contribution in [0.25, 0.3) is 0 Å². The third-order valence-corrected chi connectivity index (χ3v) is 2.74. The molecular weight excluding hydrogens is 211 g/mol. The first-order chi connectivity index (χ1) is 7.72. The zero-order valence-electron chi connectivity index (χ0n) is 9.03. The number of hydrogen-bond acceptors (Lipinski definition) is 3. The van der Waals surface area contributed by atoms with Gasteiger partial charge in [-0.1, -0.05) is 0 Å². The molecule has 3 nitrogen and oxygen atoms in total. The van der Waals surface area contributed by atoms with Crippen LogP contribution in [0.2, 0.25) is 0 Å². The molecule has 0 aliphatic carbocycles. The monoisotopic (exact) mass is 224 g/mol. The first-order valence-corrected chi connectivity index (χ1v) is 5.18. The first kappa shape index (κ1) is 11.1. The Kier molecular flexibility index (Phi) is 3.19. The molecule has 0 N–H and O–H groups in total. The minimum absolute atomic E-state index is 0.0564. The lowest BCUT2D eigenvalue weighted by atomic mass is 9.97. The van der Waals surface area contributed by atoms with Crippen molar-refractivity contribution in [2.45, 2.75) is 6.42 Å².